The van der Waals surface area contributed by atoms with Crippen molar-refractivity contribution in [3.05, 3.63) is 34.3 Å². The van der Waals surface area contributed by atoms with E-state index in [-0.39, 0.29) is 18.2 Å². The molecular formula is C15H24BrNO. The first-order valence-electron chi connectivity index (χ1n) is 6.62. The van der Waals surface area contributed by atoms with E-state index in [1.54, 1.807) is 0 Å². The molecule has 0 aliphatic heterocycles. The van der Waals surface area contributed by atoms with Gasteiger partial charge in [-0.25, -0.2) is 0 Å². The standard InChI is InChI=1S/C15H24BrNO/c1-5-14(17)15(18-11(4)10(2)3)12-7-6-8-13(16)9-12/h6-11,14-15H,5,17H2,1-4H3. The molecule has 3 heteroatoms. The van der Waals surface area contributed by atoms with Crippen LogP contribution >= 0.6 is 15.9 Å². The number of nitrogens with two attached hydrogens (primary N) is 1. The van der Waals surface area contributed by atoms with Crippen molar-refractivity contribution in [2.75, 3.05) is 0 Å². The molecular weight excluding hydrogens is 290 g/mol. The first-order chi connectivity index (χ1) is 8.45. The van der Waals surface area contributed by atoms with E-state index in [0.29, 0.717) is 5.92 Å². The van der Waals surface area contributed by atoms with Crippen molar-refractivity contribution in [1.82, 2.24) is 0 Å². The lowest BCUT2D eigenvalue weighted by molar-refractivity contribution is -0.0395. The molecule has 0 saturated heterocycles. The Morgan fingerprint density at radius 1 is 1.28 bits per heavy atom. The summed E-state index contributed by atoms with van der Waals surface area (Å²) in [5, 5.41) is 0. The second-order valence-electron chi connectivity index (χ2n) is 5.13. The van der Waals surface area contributed by atoms with Gasteiger partial charge in [-0.1, -0.05) is 48.8 Å². The smallest absolute Gasteiger partial charge is 0.0979 e. The molecule has 1 rings (SSSR count). The molecule has 0 spiro atoms. The summed E-state index contributed by atoms with van der Waals surface area (Å²) in [5.74, 6) is 0.490. The topological polar surface area (TPSA) is 35.2 Å². The summed E-state index contributed by atoms with van der Waals surface area (Å²) in [6, 6.07) is 8.24. The first kappa shape index (κ1) is 15.7. The zero-order chi connectivity index (χ0) is 13.7. The molecule has 0 fully saturated rings. The third-order valence-corrected chi connectivity index (χ3v) is 3.83. The van der Waals surface area contributed by atoms with Crippen molar-refractivity contribution in [3.63, 3.8) is 0 Å². The Morgan fingerprint density at radius 2 is 1.94 bits per heavy atom. The van der Waals surface area contributed by atoms with Gasteiger partial charge in [-0.3, -0.25) is 0 Å². The van der Waals surface area contributed by atoms with E-state index in [4.69, 9.17) is 10.5 Å². The summed E-state index contributed by atoms with van der Waals surface area (Å²) >= 11 is 3.50. The number of ether oxygens (including phenoxy) is 1. The third-order valence-electron chi connectivity index (χ3n) is 3.34. The van der Waals surface area contributed by atoms with Crippen LogP contribution in [0, 0.1) is 5.92 Å². The van der Waals surface area contributed by atoms with Crippen LogP contribution < -0.4 is 5.73 Å². The lowest BCUT2D eigenvalue weighted by Gasteiger charge is -2.29. The molecule has 0 aromatic heterocycles. The van der Waals surface area contributed by atoms with Crippen molar-refractivity contribution in [2.45, 2.75) is 52.4 Å². The van der Waals surface area contributed by atoms with Gasteiger partial charge in [0.15, 0.2) is 0 Å². The van der Waals surface area contributed by atoms with Crippen molar-refractivity contribution in [2.24, 2.45) is 11.7 Å². The number of rotatable bonds is 6. The molecule has 1 aromatic carbocycles. The molecule has 3 atom stereocenters. The van der Waals surface area contributed by atoms with Crippen LogP contribution in [-0.2, 0) is 4.74 Å². The molecule has 1 aromatic rings. The number of benzene rings is 1. The second-order valence-corrected chi connectivity index (χ2v) is 6.05. The average Bonchev–Trinajstić information content (AvgIpc) is 2.34. The van der Waals surface area contributed by atoms with Crippen LogP contribution in [0.3, 0.4) is 0 Å². The van der Waals surface area contributed by atoms with Crippen LogP contribution in [0.1, 0.15) is 45.8 Å². The van der Waals surface area contributed by atoms with E-state index in [1.165, 1.54) is 0 Å². The Hall–Kier alpha value is -0.380. The normalized spacial score (nSPS) is 16.6. The summed E-state index contributed by atoms with van der Waals surface area (Å²) in [5.41, 5.74) is 7.35. The number of hydrogen-bond acceptors (Lipinski definition) is 2. The van der Waals surface area contributed by atoms with E-state index in [1.807, 2.05) is 12.1 Å². The number of hydrogen-bond donors (Lipinski definition) is 1. The van der Waals surface area contributed by atoms with Crippen LogP contribution in [0.5, 0.6) is 0 Å². The SMILES string of the molecule is CCC(N)C(OC(C)C(C)C)c1cccc(Br)c1. The van der Waals surface area contributed by atoms with Gasteiger partial charge in [-0.05, 0) is 37.0 Å². The summed E-state index contributed by atoms with van der Waals surface area (Å²) in [4.78, 5) is 0. The van der Waals surface area contributed by atoms with Gasteiger partial charge < -0.3 is 10.5 Å². The Kier molecular flexibility index (Phi) is 6.33. The molecule has 102 valence electrons. The quantitative estimate of drug-likeness (QED) is 0.850. The van der Waals surface area contributed by atoms with Gasteiger partial charge >= 0.3 is 0 Å². The van der Waals surface area contributed by atoms with E-state index in [2.05, 4.69) is 55.8 Å². The zero-order valence-corrected chi connectivity index (χ0v) is 13.3. The van der Waals surface area contributed by atoms with E-state index >= 15 is 0 Å². The fourth-order valence-corrected chi connectivity index (χ4v) is 2.13. The molecule has 2 N–H and O–H groups in total. The summed E-state index contributed by atoms with van der Waals surface area (Å²) in [6.45, 7) is 8.54. The largest absolute Gasteiger partial charge is 0.369 e. The highest BCUT2D eigenvalue weighted by molar-refractivity contribution is 9.10. The maximum atomic E-state index is 6.21. The number of halogens is 1. The molecule has 0 saturated carbocycles. The molecule has 18 heavy (non-hydrogen) atoms. The van der Waals surface area contributed by atoms with E-state index < -0.39 is 0 Å². The average molecular weight is 314 g/mol. The lowest BCUT2D eigenvalue weighted by atomic mass is 10.00. The van der Waals surface area contributed by atoms with Gasteiger partial charge in [-0.15, -0.1) is 0 Å². The van der Waals surface area contributed by atoms with Crippen molar-refractivity contribution < 1.29 is 4.74 Å². The van der Waals surface area contributed by atoms with Gasteiger partial charge in [0.2, 0.25) is 0 Å². The molecule has 0 bridgehead atoms. The lowest BCUT2D eigenvalue weighted by Crippen LogP contribution is -2.33. The first-order valence-corrected chi connectivity index (χ1v) is 7.41. The summed E-state index contributed by atoms with van der Waals surface area (Å²) in [7, 11) is 0. The van der Waals surface area contributed by atoms with Crippen LogP contribution in [0.15, 0.2) is 28.7 Å². The summed E-state index contributed by atoms with van der Waals surface area (Å²) < 4.78 is 7.22. The molecule has 0 aliphatic carbocycles. The predicted octanol–water partition coefficient (Wildman–Crippen LogP) is 4.29. The Labute approximate surface area is 119 Å². The Bertz CT molecular complexity index is 367. The van der Waals surface area contributed by atoms with Crippen molar-refractivity contribution in [1.29, 1.82) is 0 Å². The molecule has 0 aliphatic rings. The highest BCUT2D eigenvalue weighted by Gasteiger charge is 2.23. The van der Waals surface area contributed by atoms with Crippen LogP contribution in [-0.4, -0.2) is 12.1 Å². The van der Waals surface area contributed by atoms with Crippen LogP contribution in [0.4, 0.5) is 0 Å². The minimum Gasteiger partial charge on any atom is -0.369 e. The monoisotopic (exact) mass is 313 g/mol. The zero-order valence-electron chi connectivity index (χ0n) is 11.7. The highest BCUT2D eigenvalue weighted by atomic mass is 79.9. The Morgan fingerprint density at radius 3 is 2.44 bits per heavy atom. The maximum absolute atomic E-state index is 6.21. The summed E-state index contributed by atoms with van der Waals surface area (Å²) in [6.07, 6.45) is 1.07. The van der Waals surface area contributed by atoms with Gasteiger partial charge in [0.05, 0.1) is 12.2 Å². The highest BCUT2D eigenvalue weighted by Crippen LogP contribution is 2.27. The Balaban J connectivity index is 2.91. The van der Waals surface area contributed by atoms with E-state index in [9.17, 15) is 0 Å². The van der Waals surface area contributed by atoms with E-state index in [0.717, 1.165) is 16.5 Å². The fourth-order valence-electron chi connectivity index (χ4n) is 1.71. The molecule has 0 radical (unpaired) electrons. The molecule has 0 heterocycles. The molecule has 0 amide bonds. The maximum Gasteiger partial charge on any atom is 0.0979 e. The van der Waals surface area contributed by atoms with Crippen molar-refractivity contribution >= 4 is 15.9 Å². The third kappa shape index (κ3) is 4.38. The molecule has 3 unspecified atom stereocenters. The predicted molar refractivity (Wildman–Crippen MR) is 80.5 cm³/mol. The minimum atomic E-state index is -0.0371. The minimum absolute atomic E-state index is 0.0282. The van der Waals surface area contributed by atoms with Gasteiger partial charge in [0.1, 0.15) is 0 Å². The van der Waals surface area contributed by atoms with Gasteiger partial charge in [-0.2, -0.15) is 0 Å². The van der Waals surface area contributed by atoms with Gasteiger partial charge in [0.25, 0.3) is 0 Å². The second kappa shape index (κ2) is 7.27. The van der Waals surface area contributed by atoms with Crippen LogP contribution in [0.2, 0.25) is 0 Å². The fraction of sp³-hybridized carbons (Fsp3) is 0.600. The van der Waals surface area contributed by atoms with Crippen LogP contribution in [0.25, 0.3) is 0 Å². The van der Waals surface area contributed by atoms with Gasteiger partial charge in [0, 0.05) is 10.5 Å². The van der Waals surface area contributed by atoms with Crippen molar-refractivity contribution in [3.8, 4) is 0 Å². The molecule has 2 nitrogen and oxygen atoms in total.